The van der Waals surface area contributed by atoms with Crippen LogP contribution in [0.1, 0.15) is 34.7 Å². The van der Waals surface area contributed by atoms with Crippen LogP contribution in [-0.4, -0.2) is 41.2 Å². The fraction of sp³-hybridized carbons (Fsp3) is 0.348. The van der Waals surface area contributed by atoms with Crippen molar-refractivity contribution in [3.05, 3.63) is 70.3 Å². The Labute approximate surface area is 171 Å². The van der Waals surface area contributed by atoms with Gasteiger partial charge in [0.15, 0.2) is 0 Å². The molecule has 2 aromatic carbocycles. The van der Waals surface area contributed by atoms with Crippen LogP contribution < -0.4 is 5.32 Å². The van der Waals surface area contributed by atoms with Crippen LogP contribution >= 0.6 is 0 Å². The molecular weight excluding hydrogens is 366 g/mol. The van der Waals surface area contributed by atoms with Gasteiger partial charge in [-0.25, -0.2) is 4.79 Å². The highest BCUT2D eigenvalue weighted by Crippen LogP contribution is 2.29. The molecule has 0 spiro atoms. The van der Waals surface area contributed by atoms with Crippen LogP contribution in [0.4, 0.5) is 4.79 Å². The first kappa shape index (κ1) is 20.6. The van der Waals surface area contributed by atoms with Crippen molar-refractivity contribution in [2.45, 2.75) is 39.8 Å². The molecule has 0 radical (unpaired) electrons. The van der Waals surface area contributed by atoms with Gasteiger partial charge in [-0.15, -0.1) is 0 Å². The molecule has 1 saturated heterocycles. The number of benzene rings is 2. The third kappa shape index (κ3) is 4.01. The zero-order chi connectivity index (χ0) is 21.3. The van der Waals surface area contributed by atoms with E-state index in [4.69, 9.17) is 0 Å². The quantitative estimate of drug-likeness (QED) is 0.794. The van der Waals surface area contributed by atoms with E-state index in [1.807, 2.05) is 57.2 Å². The smallest absolute Gasteiger partial charge is 0.325 e. The number of likely N-dealkylation sites (N-methyl/N-ethyl adjacent to an activating group) is 1. The Hall–Kier alpha value is -3.15. The molecule has 6 heteroatoms. The van der Waals surface area contributed by atoms with Gasteiger partial charge in [0.25, 0.3) is 5.91 Å². The Bertz CT molecular complexity index is 968. The molecule has 1 fully saturated rings. The number of carbonyl (C=O) groups excluding carboxylic acids is 3. The molecule has 0 aliphatic carbocycles. The molecule has 1 atom stereocenters. The number of imide groups is 1. The van der Waals surface area contributed by atoms with Gasteiger partial charge in [-0.05, 0) is 44.4 Å². The summed E-state index contributed by atoms with van der Waals surface area (Å²) >= 11 is 0. The Morgan fingerprint density at radius 2 is 1.66 bits per heavy atom. The minimum atomic E-state index is -1.17. The van der Waals surface area contributed by atoms with Crippen molar-refractivity contribution < 1.29 is 14.4 Å². The SMILES string of the molecule is Cc1ccc([C@@]2(C)NC(=O)N(CC(=O)N(C)Cc3ccc(C)cc3C)C2=O)cc1. The number of amides is 4. The van der Waals surface area contributed by atoms with Gasteiger partial charge in [-0.3, -0.25) is 14.5 Å². The van der Waals surface area contributed by atoms with Crippen molar-refractivity contribution in [3.63, 3.8) is 0 Å². The monoisotopic (exact) mass is 393 g/mol. The predicted molar refractivity (Wildman–Crippen MR) is 111 cm³/mol. The topological polar surface area (TPSA) is 69.7 Å². The van der Waals surface area contributed by atoms with Gasteiger partial charge in [0, 0.05) is 13.6 Å². The second-order valence-corrected chi connectivity index (χ2v) is 7.99. The molecule has 1 N–H and O–H groups in total. The van der Waals surface area contributed by atoms with Crippen LogP contribution in [-0.2, 0) is 21.7 Å². The number of hydrogen-bond acceptors (Lipinski definition) is 3. The molecule has 1 aliphatic rings. The molecule has 0 aromatic heterocycles. The van der Waals surface area contributed by atoms with Crippen LogP contribution in [0.5, 0.6) is 0 Å². The molecule has 4 amide bonds. The van der Waals surface area contributed by atoms with Crippen molar-refractivity contribution >= 4 is 17.8 Å². The van der Waals surface area contributed by atoms with Crippen molar-refractivity contribution in [1.29, 1.82) is 0 Å². The third-order valence-electron chi connectivity index (χ3n) is 5.53. The van der Waals surface area contributed by atoms with Gasteiger partial charge < -0.3 is 10.2 Å². The Balaban J connectivity index is 1.72. The van der Waals surface area contributed by atoms with Crippen molar-refractivity contribution in [3.8, 4) is 0 Å². The Kier molecular flexibility index (Phi) is 5.46. The van der Waals surface area contributed by atoms with E-state index in [1.165, 1.54) is 0 Å². The normalized spacial score (nSPS) is 18.7. The van der Waals surface area contributed by atoms with Crippen molar-refractivity contribution in [2.75, 3.05) is 13.6 Å². The Morgan fingerprint density at radius 1 is 1.03 bits per heavy atom. The third-order valence-corrected chi connectivity index (χ3v) is 5.53. The molecule has 2 aromatic rings. The highest BCUT2D eigenvalue weighted by atomic mass is 16.2. The molecular formula is C23H27N3O3. The maximum atomic E-state index is 13.0. The van der Waals surface area contributed by atoms with Gasteiger partial charge >= 0.3 is 6.03 Å². The van der Waals surface area contributed by atoms with E-state index in [9.17, 15) is 14.4 Å². The summed E-state index contributed by atoms with van der Waals surface area (Å²) < 4.78 is 0. The van der Waals surface area contributed by atoms with E-state index >= 15 is 0 Å². The summed E-state index contributed by atoms with van der Waals surface area (Å²) in [5.74, 6) is -0.707. The van der Waals surface area contributed by atoms with Gasteiger partial charge in [0.05, 0.1) is 0 Å². The van der Waals surface area contributed by atoms with Crippen molar-refractivity contribution in [2.24, 2.45) is 0 Å². The molecule has 0 saturated carbocycles. The molecule has 6 nitrogen and oxygen atoms in total. The highest BCUT2D eigenvalue weighted by molar-refractivity contribution is 6.09. The van der Waals surface area contributed by atoms with E-state index in [0.717, 1.165) is 27.2 Å². The minimum absolute atomic E-state index is 0.284. The molecule has 3 rings (SSSR count). The minimum Gasteiger partial charge on any atom is -0.340 e. The summed E-state index contributed by atoms with van der Waals surface area (Å²) in [5.41, 5.74) is 3.89. The fourth-order valence-corrected chi connectivity index (χ4v) is 3.55. The Morgan fingerprint density at radius 3 is 2.28 bits per heavy atom. The highest BCUT2D eigenvalue weighted by Gasteiger charge is 2.49. The summed E-state index contributed by atoms with van der Waals surface area (Å²) in [5, 5.41) is 2.74. The largest absolute Gasteiger partial charge is 0.340 e. The number of nitrogens with one attached hydrogen (secondary N) is 1. The number of carbonyl (C=O) groups is 3. The molecule has 0 bridgehead atoms. The predicted octanol–water partition coefficient (Wildman–Crippen LogP) is 3.04. The first-order valence-electron chi connectivity index (χ1n) is 9.63. The number of rotatable bonds is 5. The number of aryl methyl sites for hydroxylation is 3. The van der Waals surface area contributed by atoms with Crippen LogP contribution in [0.15, 0.2) is 42.5 Å². The molecule has 1 aliphatic heterocycles. The summed E-state index contributed by atoms with van der Waals surface area (Å²) in [7, 11) is 1.68. The second kappa shape index (κ2) is 7.70. The van der Waals surface area contributed by atoms with Crippen LogP contribution in [0.25, 0.3) is 0 Å². The lowest BCUT2D eigenvalue weighted by molar-refractivity contribution is -0.138. The summed E-state index contributed by atoms with van der Waals surface area (Å²) in [6.07, 6.45) is 0. The lowest BCUT2D eigenvalue weighted by Gasteiger charge is -2.23. The van der Waals surface area contributed by atoms with Gasteiger partial charge in [0.2, 0.25) is 5.91 Å². The molecule has 152 valence electrons. The number of nitrogens with zero attached hydrogens (tertiary/aromatic N) is 2. The first-order valence-corrected chi connectivity index (χ1v) is 9.63. The lowest BCUT2D eigenvalue weighted by atomic mass is 9.91. The lowest BCUT2D eigenvalue weighted by Crippen LogP contribution is -2.43. The summed E-state index contributed by atoms with van der Waals surface area (Å²) in [6, 6.07) is 13.0. The molecule has 1 heterocycles. The second-order valence-electron chi connectivity index (χ2n) is 7.99. The van der Waals surface area contributed by atoms with Gasteiger partial charge in [-0.2, -0.15) is 0 Å². The van der Waals surface area contributed by atoms with E-state index in [1.54, 1.807) is 18.9 Å². The average Bonchev–Trinajstić information content (AvgIpc) is 2.88. The van der Waals surface area contributed by atoms with E-state index in [-0.39, 0.29) is 12.5 Å². The maximum Gasteiger partial charge on any atom is 0.325 e. The summed E-state index contributed by atoms with van der Waals surface area (Å²) in [4.78, 5) is 40.7. The van der Waals surface area contributed by atoms with E-state index in [2.05, 4.69) is 11.4 Å². The molecule has 29 heavy (non-hydrogen) atoms. The summed E-state index contributed by atoms with van der Waals surface area (Å²) in [6.45, 7) is 7.79. The first-order chi connectivity index (χ1) is 13.6. The van der Waals surface area contributed by atoms with Crippen molar-refractivity contribution in [1.82, 2.24) is 15.1 Å². The molecule has 0 unspecified atom stereocenters. The maximum absolute atomic E-state index is 13.0. The average molecular weight is 393 g/mol. The fourth-order valence-electron chi connectivity index (χ4n) is 3.55. The van der Waals surface area contributed by atoms with Gasteiger partial charge in [-0.1, -0.05) is 53.6 Å². The number of urea groups is 1. The van der Waals surface area contributed by atoms with Crippen LogP contribution in [0, 0.1) is 20.8 Å². The van der Waals surface area contributed by atoms with Crippen LogP contribution in [0.3, 0.4) is 0 Å². The van der Waals surface area contributed by atoms with Gasteiger partial charge in [0.1, 0.15) is 12.1 Å². The van der Waals surface area contributed by atoms with E-state index < -0.39 is 17.5 Å². The standard InChI is InChI=1S/C23H27N3O3/c1-15-7-10-19(11-8-15)23(4)21(28)26(22(29)24-23)14-20(27)25(5)13-18-9-6-16(2)12-17(18)3/h6-12H,13-14H2,1-5H3,(H,24,29)/t23-/m1/s1. The zero-order valence-electron chi connectivity index (χ0n) is 17.6. The van der Waals surface area contributed by atoms with E-state index in [0.29, 0.717) is 12.1 Å². The number of hydrogen-bond donors (Lipinski definition) is 1. The zero-order valence-corrected chi connectivity index (χ0v) is 17.6. The van der Waals surface area contributed by atoms with Crippen LogP contribution in [0.2, 0.25) is 0 Å².